The normalized spacial score (nSPS) is 13.1. The Morgan fingerprint density at radius 1 is 1.35 bits per heavy atom. The second-order valence-electron chi connectivity index (χ2n) is 4.38. The van der Waals surface area contributed by atoms with Gasteiger partial charge >= 0.3 is 0 Å². The van der Waals surface area contributed by atoms with Crippen LogP contribution in [0.3, 0.4) is 0 Å². The molecule has 4 heteroatoms. The molecule has 0 N–H and O–H groups in total. The first-order valence-electron chi connectivity index (χ1n) is 5.71. The minimum absolute atomic E-state index is 0.225. The van der Waals surface area contributed by atoms with Crippen molar-refractivity contribution in [2.75, 3.05) is 20.4 Å². The van der Waals surface area contributed by atoms with Crippen molar-refractivity contribution in [3.63, 3.8) is 0 Å². The zero-order valence-electron chi connectivity index (χ0n) is 10.2. The summed E-state index contributed by atoms with van der Waals surface area (Å²) in [6.07, 6.45) is 0.598. The maximum absolute atomic E-state index is 10.9. The van der Waals surface area contributed by atoms with Gasteiger partial charge in [0.25, 0.3) is 0 Å². The summed E-state index contributed by atoms with van der Waals surface area (Å²) in [5.41, 5.74) is 1.17. The van der Waals surface area contributed by atoms with E-state index in [1.165, 1.54) is 5.56 Å². The number of fused-ring (bicyclic) bond motifs is 1. The van der Waals surface area contributed by atoms with Crippen LogP contribution in [0.5, 0.6) is 11.5 Å². The van der Waals surface area contributed by atoms with Crippen LogP contribution in [0.15, 0.2) is 18.2 Å². The van der Waals surface area contributed by atoms with Crippen molar-refractivity contribution >= 4 is 5.78 Å². The molecular formula is C13H17NO3. The van der Waals surface area contributed by atoms with Crippen LogP contribution in [0, 0.1) is 0 Å². The third-order valence-electron chi connectivity index (χ3n) is 2.74. The summed E-state index contributed by atoms with van der Waals surface area (Å²) in [5.74, 6) is 1.84. The summed E-state index contributed by atoms with van der Waals surface area (Å²) >= 11 is 0. The number of Topliss-reactive ketones (excluding diaryl/α,β-unsaturated/α-hetero) is 1. The Balaban J connectivity index is 1.92. The Morgan fingerprint density at radius 3 is 2.88 bits per heavy atom. The van der Waals surface area contributed by atoms with Gasteiger partial charge in [-0.3, -0.25) is 4.79 Å². The van der Waals surface area contributed by atoms with Crippen molar-refractivity contribution in [3.8, 4) is 11.5 Å². The molecule has 0 aromatic heterocycles. The van der Waals surface area contributed by atoms with Gasteiger partial charge in [-0.25, -0.2) is 0 Å². The molecule has 0 unspecified atom stereocenters. The summed E-state index contributed by atoms with van der Waals surface area (Å²) in [4.78, 5) is 13.0. The summed E-state index contributed by atoms with van der Waals surface area (Å²) in [7, 11) is 2.01. The number of nitrogens with zero attached hydrogens (tertiary/aromatic N) is 1. The topological polar surface area (TPSA) is 38.8 Å². The second kappa shape index (κ2) is 5.19. The van der Waals surface area contributed by atoms with Crippen molar-refractivity contribution in [1.29, 1.82) is 0 Å². The number of benzene rings is 1. The van der Waals surface area contributed by atoms with E-state index in [-0.39, 0.29) is 5.78 Å². The lowest BCUT2D eigenvalue weighted by Gasteiger charge is -2.15. The average Bonchev–Trinajstić information content (AvgIpc) is 2.73. The molecule has 0 radical (unpaired) electrons. The molecular weight excluding hydrogens is 218 g/mol. The van der Waals surface area contributed by atoms with E-state index >= 15 is 0 Å². The molecule has 0 fully saturated rings. The van der Waals surface area contributed by atoms with E-state index in [1.807, 2.05) is 25.2 Å². The van der Waals surface area contributed by atoms with Crippen LogP contribution in [0.25, 0.3) is 0 Å². The first kappa shape index (κ1) is 11.9. The lowest BCUT2D eigenvalue weighted by Crippen LogP contribution is -2.20. The summed E-state index contributed by atoms with van der Waals surface area (Å²) < 4.78 is 10.6. The van der Waals surface area contributed by atoms with Gasteiger partial charge in [-0.15, -0.1) is 0 Å². The molecule has 0 atom stereocenters. The number of carbonyl (C=O) groups is 1. The van der Waals surface area contributed by atoms with Gasteiger partial charge < -0.3 is 14.4 Å². The number of carbonyl (C=O) groups excluding carboxylic acids is 1. The third-order valence-corrected chi connectivity index (χ3v) is 2.74. The van der Waals surface area contributed by atoms with Crippen molar-refractivity contribution in [1.82, 2.24) is 4.90 Å². The molecule has 92 valence electrons. The number of ether oxygens (including phenoxy) is 2. The molecule has 2 rings (SSSR count). The number of ketones is 1. The number of rotatable bonds is 5. The lowest BCUT2D eigenvalue weighted by molar-refractivity contribution is -0.117. The smallest absolute Gasteiger partial charge is 0.231 e. The molecule has 0 saturated heterocycles. The minimum atomic E-state index is 0.225. The minimum Gasteiger partial charge on any atom is -0.454 e. The van der Waals surface area contributed by atoms with Crippen LogP contribution in [0.1, 0.15) is 18.9 Å². The van der Waals surface area contributed by atoms with E-state index in [0.717, 1.165) is 24.6 Å². The van der Waals surface area contributed by atoms with Crippen LogP contribution in [0.4, 0.5) is 0 Å². The molecule has 4 nitrogen and oxygen atoms in total. The first-order valence-corrected chi connectivity index (χ1v) is 5.71. The van der Waals surface area contributed by atoms with Gasteiger partial charge in [-0.05, 0) is 31.7 Å². The van der Waals surface area contributed by atoms with Crippen molar-refractivity contribution < 1.29 is 14.3 Å². The van der Waals surface area contributed by atoms with Gasteiger partial charge in [0.2, 0.25) is 6.79 Å². The average molecular weight is 235 g/mol. The molecule has 1 aliphatic rings. The van der Waals surface area contributed by atoms with Gasteiger partial charge in [0.15, 0.2) is 11.5 Å². The fourth-order valence-corrected chi connectivity index (χ4v) is 1.78. The quantitative estimate of drug-likeness (QED) is 0.780. The molecule has 1 heterocycles. The monoisotopic (exact) mass is 235 g/mol. The van der Waals surface area contributed by atoms with Crippen LogP contribution < -0.4 is 9.47 Å². The van der Waals surface area contributed by atoms with E-state index < -0.39 is 0 Å². The standard InChI is InChI=1S/C13H17NO3/c1-10(15)5-6-14(2)8-11-3-4-12-13(7-11)17-9-16-12/h3-4,7H,5-6,8-9H2,1-2H3. The van der Waals surface area contributed by atoms with Gasteiger partial charge in [-0.2, -0.15) is 0 Å². The molecule has 0 spiro atoms. The van der Waals surface area contributed by atoms with E-state index in [1.54, 1.807) is 6.92 Å². The predicted molar refractivity (Wildman–Crippen MR) is 64.2 cm³/mol. The van der Waals surface area contributed by atoms with Crippen LogP contribution in [-0.4, -0.2) is 31.1 Å². The highest BCUT2D eigenvalue weighted by molar-refractivity contribution is 5.75. The summed E-state index contributed by atoms with van der Waals surface area (Å²) in [6.45, 7) is 3.51. The first-order chi connectivity index (χ1) is 8.15. The van der Waals surface area contributed by atoms with Crippen LogP contribution >= 0.6 is 0 Å². The summed E-state index contributed by atoms with van der Waals surface area (Å²) in [5, 5.41) is 0. The molecule has 1 aromatic rings. The van der Waals surface area contributed by atoms with Gasteiger partial charge in [-0.1, -0.05) is 6.07 Å². The van der Waals surface area contributed by atoms with E-state index in [4.69, 9.17) is 9.47 Å². The Kier molecular flexibility index (Phi) is 3.64. The maximum Gasteiger partial charge on any atom is 0.231 e. The van der Waals surface area contributed by atoms with E-state index in [9.17, 15) is 4.79 Å². The molecule has 17 heavy (non-hydrogen) atoms. The van der Waals surface area contributed by atoms with Gasteiger partial charge in [0.05, 0.1) is 0 Å². The van der Waals surface area contributed by atoms with E-state index in [0.29, 0.717) is 13.2 Å². The van der Waals surface area contributed by atoms with Crippen LogP contribution in [-0.2, 0) is 11.3 Å². The predicted octanol–water partition coefficient (Wildman–Crippen LogP) is 1.83. The molecule has 0 bridgehead atoms. The number of hydrogen-bond acceptors (Lipinski definition) is 4. The van der Waals surface area contributed by atoms with Crippen molar-refractivity contribution in [2.45, 2.75) is 19.9 Å². The third kappa shape index (κ3) is 3.20. The molecule has 0 saturated carbocycles. The number of hydrogen-bond donors (Lipinski definition) is 0. The summed E-state index contributed by atoms with van der Waals surface area (Å²) in [6, 6.07) is 5.95. The highest BCUT2D eigenvalue weighted by Gasteiger charge is 2.13. The fraction of sp³-hybridized carbons (Fsp3) is 0.462. The molecule has 0 aliphatic carbocycles. The largest absolute Gasteiger partial charge is 0.454 e. The Hall–Kier alpha value is -1.55. The zero-order valence-corrected chi connectivity index (χ0v) is 10.2. The van der Waals surface area contributed by atoms with Crippen molar-refractivity contribution in [2.24, 2.45) is 0 Å². The van der Waals surface area contributed by atoms with Crippen LogP contribution in [0.2, 0.25) is 0 Å². The van der Waals surface area contributed by atoms with Gasteiger partial charge in [0, 0.05) is 19.5 Å². The highest BCUT2D eigenvalue weighted by atomic mass is 16.7. The highest BCUT2D eigenvalue weighted by Crippen LogP contribution is 2.32. The SMILES string of the molecule is CC(=O)CCN(C)Cc1ccc2c(c1)OCO2. The Labute approximate surface area is 101 Å². The molecule has 1 aromatic carbocycles. The zero-order chi connectivity index (χ0) is 12.3. The van der Waals surface area contributed by atoms with E-state index in [2.05, 4.69) is 4.90 Å². The molecule has 0 amide bonds. The lowest BCUT2D eigenvalue weighted by atomic mass is 10.2. The molecule has 1 aliphatic heterocycles. The second-order valence-corrected chi connectivity index (χ2v) is 4.38. The Bertz CT molecular complexity index is 417. The fourth-order valence-electron chi connectivity index (χ4n) is 1.78. The Morgan fingerprint density at radius 2 is 2.12 bits per heavy atom. The van der Waals surface area contributed by atoms with Gasteiger partial charge in [0.1, 0.15) is 5.78 Å². The van der Waals surface area contributed by atoms with Crippen molar-refractivity contribution in [3.05, 3.63) is 23.8 Å². The maximum atomic E-state index is 10.9.